The number of rotatable bonds is 4. The molecule has 0 aliphatic heterocycles. The summed E-state index contributed by atoms with van der Waals surface area (Å²) in [5.74, 6) is 5.11. The predicted molar refractivity (Wildman–Crippen MR) is 57.6 cm³/mol. The Balaban J connectivity index is 2.46. The van der Waals surface area contributed by atoms with E-state index in [0.717, 1.165) is 5.69 Å². The van der Waals surface area contributed by atoms with E-state index in [-0.39, 0.29) is 0 Å². The van der Waals surface area contributed by atoms with Gasteiger partial charge in [0.15, 0.2) is 5.11 Å². The first-order valence-corrected chi connectivity index (χ1v) is 4.46. The van der Waals surface area contributed by atoms with Crippen molar-refractivity contribution < 1.29 is 4.74 Å². The highest BCUT2D eigenvalue weighted by molar-refractivity contribution is 7.80. The predicted octanol–water partition coefficient (Wildman–Crippen LogP) is -0.310. The third-order valence-corrected chi connectivity index (χ3v) is 1.77. The van der Waals surface area contributed by atoms with Gasteiger partial charge in [0, 0.05) is 13.3 Å². The van der Waals surface area contributed by atoms with E-state index in [1.807, 2.05) is 6.20 Å². The fourth-order valence-electron chi connectivity index (χ4n) is 0.902. The van der Waals surface area contributed by atoms with Crippen LogP contribution in [-0.2, 0) is 11.3 Å². The Morgan fingerprint density at radius 3 is 3.21 bits per heavy atom. The Labute approximate surface area is 87.4 Å². The Bertz CT molecular complexity index is 300. The number of nitrogens with one attached hydrogen (secondary N) is 2. The fourth-order valence-corrected chi connectivity index (χ4v) is 1.02. The minimum atomic E-state index is 0.358. The zero-order chi connectivity index (χ0) is 10.4. The molecule has 1 aromatic rings. The molecule has 0 amide bonds. The van der Waals surface area contributed by atoms with Crippen molar-refractivity contribution >= 4 is 23.0 Å². The van der Waals surface area contributed by atoms with E-state index in [1.165, 1.54) is 0 Å². The van der Waals surface area contributed by atoms with Gasteiger partial charge in [0.2, 0.25) is 0 Å². The first-order chi connectivity index (χ1) is 6.76. The molecule has 6 nitrogen and oxygen atoms in total. The minimum Gasteiger partial charge on any atom is -0.383 e. The number of ether oxygens (including phenoxy) is 1. The summed E-state index contributed by atoms with van der Waals surface area (Å²) in [6.07, 6.45) is 3.49. The number of hydrogen-bond acceptors (Lipinski definition) is 4. The number of thiocarbonyl (C=S) groups is 1. The lowest BCUT2D eigenvalue weighted by Crippen LogP contribution is -2.33. The lowest BCUT2D eigenvalue weighted by Gasteiger charge is -2.02. The van der Waals surface area contributed by atoms with Gasteiger partial charge in [0.05, 0.1) is 25.0 Å². The van der Waals surface area contributed by atoms with Gasteiger partial charge in [0.25, 0.3) is 0 Å². The SMILES string of the molecule is COCCn1cc(NC(=S)NN)cn1. The lowest BCUT2D eigenvalue weighted by atomic mass is 10.6. The topological polar surface area (TPSA) is 77.1 Å². The van der Waals surface area contributed by atoms with Crippen molar-refractivity contribution in [2.75, 3.05) is 19.0 Å². The van der Waals surface area contributed by atoms with E-state index < -0.39 is 0 Å². The molecule has 1 rings (SSSR count). The van der Waals surface area contributed by atoms with Gasteiger partial charge in [-0.1, -0.05) is 0 Å². The molecule has 4 N–H and O–H groups in total. The maximum atomic E-state index is 5.11. The third-order valence-electron chi connectivity index (χ3n) is 1.55. The van der Waals surface area contributed by atoms with Crippen LogP contribution in [0.5, 0.6) is 0 Å². The number of methoxy groups -OCH3 is 1. The van der Waals surface area contributed by atoms with Crippen molar-refractivity contribution in [1.29, 1.82) is 0 Å². The summed E-state index contributed by atoms with van der Waals surface area (Å²) >= 11 is 4.83. The molecule has 14 heavy (non-hydrogen) atoms. The molecule has 0 aromatic carbocycles. The lowest BCUT2D eigenvalue weighted by molar-refractivity contribution is 0.183. The normalized spacial score (nSPS) is 9.86. The van der Waals surface area contributed by atoms with Gasteiger partial charge in [-0.15, -0.1) is 0 Å². The standard InChI is InChI=1S/C7H13N5OS/c1-13-3-2-12-5-6(4-9-12)10-7(14)11-8/h4-5H,2-3,8H2,1H3,(H2,10,11,14). The van der Waals surface area contributed by atoms with Crippen molar-refractivity contribution in [3.63, 3.8) is 0 Å². The zero-order valence-corrected chi connectivity index (χ0v) is 8.67. The van der Waals surface area contributed by atoms with Gasteiger partial charge in [0.1, 0.15) is 0 Å². The molecule has 0 bridgehead atoms. The molecule has 1 aromatic heterocycles. The molecular formula is C7H13N5OS. The number of hydrogen-bond donors (Lipinski definition) is 3. The van der Waals surface area contributed by atoms with E-state index >= 15 is 0 Å². The average Bonchev–Trinajstić information content (AvgIpc) is 2.62. The van der Waals surface area contributed by atoms with Gasteiger partial charge in [-0.2, -0.15) is 5.10 Å². The molecule has 0 fully saturated rings. The van der Waals surface area contributed by atoms with Crippen molar-refractivity contribution in [1.82, 2.24) is 15.2 Å². The zero-order valence-electron chi connectivity index (χ0n) is 7.86. The molecule has 0 saturated heterocycles. The molecule has 0 unspecified atom stereocenters. The first kappa shape index (κ1) is 10.9. The summed E-state index contributed by atoms with van der Waals surface area (Å²) < 4.78 is 6.67. The number of nitrogens with zero attached hydrogens (tertiary/aromatic N) is 2. The van der Waals surface area contributed by atoms with Crippen LogP contribution in [0.4, 0.5) is 5.69 Å². The van der Waals surface area contributed by atoms with Gasteiger partial charge < -0.3 is 15.5 Å². The average molecular weight is 215 g/mol. The second-order valence-corrected chi connectivity index (χ2v) is 2.99. The van der Waals surface area contributed by atoms with E-state index in [1.54, 1.807) is 18.0 Å². The number of nitrogens with two attached hydrogens (primary N) is 1. The number of aromatic nitrogens is 2. The van der Waals surface area contributed by atoms with Crippen LogP contribution in [0.3, 0.4) is 0 Å². The molecule has 78 valence electrons. The molecule has 7 heteroatoms. The van der Waals surface area contributed by atoms with E-state index in [0.29, 0.717) is 18.3 Å². The van der Waals surface area contributed by atoms with Crippen molar-refractivity contribution in [2.24, 2.45) is 5.84 Å². The van der Waals surface area contributed by atoms with Gasteiger partial charge >= 0.3 is 0 Å². The summed E-state index contributed by atoms with van der Waals surface area (Å²) in [5.41, 5.74) is 3.12. The largest absolute Gasteiger partial charge is 0.383 e. The molecule has 0 radical (unpaired) electrons. The summed E-state index contributed by atoms with van der Waals surface area (Å²) in [6, 6.07) is 0. The second-order valence-electron chi connectivity index (χ2n) is 2.58. The highest BCUT2D eigenvalue weighted by atomic mass is 32.1. The Kier molecular flexibility index (Phi) is 4.30. The maximum Gasteiger partial charge on any atom is 0.185 e. The van der Waals surface area contributed by atoms with E-state index in [2.05, 4.69) is 15.8 Å². The van der Waals surface area contributed by atoms with Crippen LogP contribution in [0, 0.1) is 0 Å². The molecule has 0 saturated carbocycles. The number of anilines is 1. The molecular weight excluding hydrogens is 202 g/mol. The fraction of sp³-hybridized carbons (Fsp3) is 0.429. The maximum absolute atomic E-state index is 5.11. The third kappa shape index (κ3) is 3.29. The summed E-state index contributed by atoms with van der Waals surface area (Å²) in [4.78, 5) is 0. The molecule has 0 atom stereocenters. The van der Waals surface area contributed by atoms with Crippen LogP contribution in [0.2, 0.25) is 0 Å². The van der Waals surface area contributed by atoms with Crippen LogP contribution >= 0.6 is 12.2 Å². The summed E-state index contributed by atoms with van der Waals surface area (Å²) in [6.45, 7) is 1.34. The highest BCUT2D eigenvalue weighted by Crippen LogP contribution is 2.03. The van der Waals surface area contributed by atoms with E-state index in [9.17, 15) is 0 Å². The molecule has 1 heterocycles. The highest BCUT2D eigenvalue weighted by Gasteiger charge is 1.99. The van der Waals surface area contributed by atoms with E-state index in [4.69, 9.17) is 22.8 Å². The molecule has 0 aliphatic rings. The first-order valence-electron chi connectivity index (χ1n) is 4.05. The summed E-state index contributed by atoms with van der Waals surface area (Å²) in [5, 5.41) is 7.30. The quantitative estimate of drug-likeness (QED) is 0.363. The van der Waals surface area contributed by atoms with Crippen LogP contribution in [-0.4, -0.2) is 28.6 Å². The van der Waals surface area contributed by atoms with Crippen LogP contribution in [0.15, 0.2) is 12.4 Å². The van der Waals surface area contributed by atoms with Gasteiger partial charge in [-0.25, -0.2) is 5.84 Å². The molecule has 0 spiro atoms. The van der Waals surface area contributed by atoms with Crippen LogP contribution < -0.4 is 16.6 Å². The van der Waals surface area contributed by atoms with Crippen molar-refractivity contribution in [3.05, 3.63) is 12.4 Å². The minimum absolute atomic E-state index is 0.358. The second kappa shape index (κ2) is 5.53. The van der Waals surface area contributed by atoms with Crippen molar-refractivity contribution in [3.8, 4) is 0 Å². The Morgan fingerprint density at radius 1 is 1.79 bits per heavy atom. The van der Waals surface area contributed by atoms with Crippen LogP contribution in [0.25, 0.3) is 0 Å². The summed E-state index contributed by atoms with van der Waals surface area (Å²) in [7, 11) is 1.65. The van der Waals surface area contributed by atoms with Crippen molar-refractivity contribution in [2.45, 2.75) is 6.54 Å². The molecule has 0 aliphatic carbocycles. The Morgan fingerprint density at radius 2 is 2.57 bits per heavy atom. The monoisotopic (exact) mass is 215 g/mol. The number of hydrazine groups is 1. The van der Waals surface area contributed by atoms with Gasteiger partial charge in [-0.3, -0.25) is 4.68 Å². The van der Waals surface area contributed by atoms with Gasteiger partial charge in [-0.05, 0) is 12.2 Å². The smallest absolute Gasteiger partial charge is 0.185 e. The Hall–Kier alpha value is -1.18. The van der Waals surface area contributed by atoms with Crippen LogP contribution in [0.1, 0.15) is 0 Å².